The standard InChI is InChI=1S/C16H13ClN2S/c1-2-11-3-5-12(6-4-11)15-18-19-16(20-15)13-7-9-14(17)10-8-13/h3-10H,2H2,1H3. The summed E-state index contributed by atoms with van der Waals surface area (Å²) in [5.74, 6) is 0. The van der Waals surface area contributed by atoms with Crippen molar-refractivity contribution in [2.75, 3.05) is 0 Å². The first-order chi connectivity index (χ1) is 9.76. The molecule has 2 aromatic carbocycles. The van der Waals surface area contributed by atoms with E-state index < -0.39 is 0 Å². The molecule has 0 aliphatic rings. The predicted molar refractivity (Wildman–Crippen MR) is 85.2 cm³/mol. The fourth-order valence-electron chi connectivity index (χ4n) is 1.93. The quantitative estimate of drug-likeness (QED) is 0.673. The Labute approximate surface area is 127 Å². The number of rotatable bonds is 3. The largest absolute Gasteiger partial charge is 0.148 e. The molecule has 1 heterocycles. The molecular formula is C16H13ClN2S. The Hall–Kier alpha value is -1.71. The third-order valence-corrected chi connectivity index (χ3v) is 4.40. The molecule has 100 valence electrons. The van der Waals surface area contributed by atoms with Gasteiger partial charge in [0.25, 0.3) is 0 Å². The molecule has 0 aliphatic heterocycles. The maximum atomic E-state index is 5.90. The summed E-state index contributed by atoms with van der Waals surface area (Å²) in [6, 6.07) is 16.1. The van der Waals surface area contributed by atoms with Crippen molar-refractivity contribution in [2.45, 2.75) is 13.3 Å². The Balaban J connectivity index is 1.91. The minimum Gasteiger partial charge on any atom is -0.138 e. The van der Waals surface area contributed by atoms with Gasteiger partial charge in [0.15, 0.2) is 0 Å². The van der Waals surface area contributed by atoms with Crippen molar-refractivity contribution in [3.8, 4) is 21.1 Å². The molecule has 0 unspecified atom stereocenters. The monoisotopic (exact) mass is 300 g/mol. The van der Waals surface area contributed by atoms with E-state index in [4.69, 9.17) is 11.6 Å². The van der Waals surface area contributed by atoms with Crippen LogP contribution in [0, 0.1) is 0 Å². The number of nitrogens with zero attached hydrogens (tertiary/aromatic N) is 2. The lowest BCUT2D eigenvalue weighted by atomic mass is 10.1. The van der Waals surface area contributed by atoms with E-state index in [-0.39, 0.29) is 0 Å². The van der Waals surface area contributed by atoms with Gasteiger partial charge in [0.2, 0.25) is 0 Å². The summed E-state index contributed by atoms with van der Waals surface area (Å²) >= 11 is 7.49. The molecule has 0 saturated carbocycles. The van der Waals surface area contributed by atoms with Crippen LogP contribution in [-0.4, -0.2) is 10.2 Å². The lowest BCUT2D eigenvalue weighted by molar-refractivity contribution is 1.10. The van der Waals surface area contributed by atoms with Crippen molar-refractivity contribution >= 4 is 22.9 Å². The van der Waals surface area contributed by atoms with Crippen LogP contribution in [0.4, 0.5) is 0 Å². The van der Waals surface area contributed by atoms with E-state index in [0.717, 1.165) is 32.6 Å². The smallest absolute Gasteiger partial charge is 0.138 e. The van der Waals surface area contributed by atoms with E-state index in [9.17, 15) is 0 Å². The second-order valence-corrected chi connectivity index (χ2v) is 5.88. The second kappa shape index (κ2) is 5.73. The average molecular weight is 301 g/mol. The number of hydrogen-bond acceptors (Lipinski definition) is 3. The van der Waals surface area contributed by atoms with Crippen molar-refractivity contribution in [3.63, 3.8) is 0 Å². The van der Waals surface area contributed by atoms with Crippen LogP contribution < -0.4 is 0 Å². The number of hydrogen-bond donors (Lipinski definition) is 0. The lowest BCUT2D eigenvalue weighted by Gasteiger charge is -1.98. The van der Waals surface area contributed by atoms with Crippen molar-refractivity contribution in [1.82, 2.24) is 10.2 Å². The zero-order valence-corrected chi connectivity index (χ0v) is 12.6. The molecule has 1 aromatic heterocycles. The molecule has 3 rings (SSSR count). The first-order valence-electron chi connectivity index (χ1n) is 6.45. The highest BCUT2D eigenvalue weighted by Gasteiger charge is 2.08. The highest BCUT2D eigenvalue weighted by molar-refractivity contribution is 7.17. The van der Waals surface area contributed by atoms with Crippen LogP contribution in [-0.2, 0) is 6.42 Å². The topological polar surface area (TPSA) is 25.8 Å². The number of benzene rings is 2. The van der Waals surface area contributed by atoms with E-state index in [1.165, 1.54) is 5.56 Å². The Kier molecular flexibility index (Phi) is 3.81. The van der Waals surface area contributed by atoms with Crippen LogP contribution in [0.15, 0.2) is 48.5 Å². The molecular weight excluding hydrogens is 288 g/mol. The molecule has 0 amide bonds. The molecule has 0 N–H and O–H groups in total. The second-order valence-electron chi connectivity index (χ2n) is 4.47. The highest BCUT2D eigenvalue weighted by Crippen LogP contribution is 2.30. The lowest BCUT2D eigenvalue weighted by Crippen LogP contribution is -1.80. The van der Waals surface area contributed by atoms with Gasteiger partial charge in [-0.1, -0.05) is 66.3 Å². The van der Waals surface area contributed by atoms with Gasteiger partial charge in [-0.2, -0.15) is 0 Å². The molecule has 0 bridgehead atoms. The van der Waals surface area contributed by atoms with Gasteiger partial charge in [-0.3, -0.25) is 0 Å². The zero-order chi connectivity index (χ0) is 13.9. The van der Waals surface area contributed by atoms with E-state index in [2.05, 4.69) is 41.4 Å². The summed E-state index contributed by atoms with van der Waals surface area (Å²) in [7, 11) is 0. The van der Waals surface area contributed by atoms with Crippen LogP contribution >= 0.6 is 22.9 Å². The van der Waals surface area contributed by atoms with E-state index in [0.29, 0.717) is 0 Å². The molecule has 0 aliphatic carbocycles. The molecule has 4 heteroatoms. The van der Waals surface area contributed by atoms with Gasteiger partial charge in [-0.25, -0.2) is 0 Å². The summed E-state index contributed by atoms with van der Waals surface area (Å²) in [5, 5.41) is 11.1. The third kappa shape index (κ3) is 2.74. The maximum Gasteiger partial charge on any atom is 0.148 e. The van der Waals surface area contributed by atoms with Gasteiger partial charge in [0.1, 0.15) is 10.0 Å². The van der Waals surface area contributed by atoms with E-state index >= 15 is 0 Å². The van der Waals surface area contributed by atoms with Gasteiger partial charge in [0.05, 0.1) is 0 Å². The first-order valence-corrected chi connectivity index (χ1v) is 7.64. The van der Waals surface area contributed by atoms with Gasteiger partial charge in [0, 0.05) is 16.1 Å². The van der Waals surface area contributed by atoms with Gasteiger partial charge in [-0.05, 0) is 24.1 Å². The minimum absolute atomic E-state index is 0.730. The summed E-state index contributed by atoms with van der Waals surface area (Å²) in [6.45, 7) is 2.15. The molecule has 0 spiro atoms. The van der Waals surface area contributed by atoms with Crippen LogP contribution in [0.25, 0.3) is 21.1 Å². The normalized spacial score (nSPS) is 10.7. The Morgan fingerprint density at radius 3 is 1.85 bits per heavy atom. The fraction of sp³-hybridized carbons (Fsp3) is 0.125. The molecule has 2 nitrogen and oxygen atoms in total. The average Bonchev–Trinajstić information content (AvgIpc) is 2.98. The molecule has 0 fully saturated rings. The summed E-state index contributed by atoms with van der Waals surface area (Å²) in [6.07, 6.45) is 1.05. The third-order valence-electron chi connectivity index (χ3n) is 3.13. The molecule has 3 aromatic rings. The van der Waals surface area contributed by atoms with Crippen LogP contribution in [0.5, 0.6) is 0 Å². The summed E-state index contributed by atoms with van der Waals surface area (Å²) in [4.78, 5) is 0. The van der Waals surface area contributed by atoms with Crippen molar-refractivity contribution in [3.05, 3.63) is 59.1 Å². The van der Waals surface area contributed by atoms with Crippen molar-refractivity contribution < 1.29 is 0 Å². The van der Waals surface area contributed by atoms with Gasteiger partial charge >= 0.3 is 0 Å². The minimum atomic E-state index is 0.730. The Morgan fingerprint density at radius 1 is 0.850 bits per heavy atom. The number of aryl methyl sites for hydroxylation is 1. The molecule has 20 heavy (non-hydrogen) atoms. The van der Waals surface area contributed by atoms with Crippen molar-refractivity contribution in [1.29, 1.82) is 0 Å². The fourth-order valence-corrected chi connectivity index (χ4v) is 2.91. The molecule has 0 saturated heterocycles. The molecule has 0 atom stereocenters. The maximum absolute atomic E-state index is 5.90. The number of aromatic nitrogens is 2. The van der Waals surface area contributed by atoms with Crippen LogP contribution in [0.1, 0.15) is 12.5 Å². The van der Waals surface area contributed by atoms with Crippen LogP contribution in [0.3, 0.4) is 0 Å². The summed E-state index contributed by atoms with van der Waals surface area (Å²) in [5.41, 5.74) is 3.49. The highest BCUT2D eigenvalue weighted by atomic mass is 35.5. The van der Waals surface area contributed by atoms with Gasteiger partial charge < -0.3 is 0 Å². The first kappa shape index (κ1) is 13.3. The van der Waals surface area contributed by atoms with Crippen molar-refractivity contribution in [2.24, 2.45) is 0 Å². The Morgan fingerprint density at radius 2 is 1.35 bits per heavy atom. The number of halogens is 1. The summed E-state index contributed by atoms with van der Waals surface area (Å²) < 4.78 is 0. The van der Waals surface area contributed by atoms with E-state index in [1.807, 2.05) is 24.3 Å². The zero-order valence-electron chi connectivity index (χ0n) is 11.0. The van der Waals surface area contributed by atoms with E-state index in [1.54, 1.807) is 11.3 Å². The van der Waals surface area contributed by atoms with Gasteiger partial charge in [-0.15, -0.1) is 10.2 Å². The predicted octanol–water partition coefficient (Wildman–Crippen LogP) is 5.09. The van der Waals surface area contributed by atoms with Crippen LogP contribution in [0.2, 0.25) is 5.02 Å². The SMILES string of the molecule is CCc1ccc(-c2nnc(-c3ccc(Cl)cc3)s2)cc1. The Bertz CT molecular complexity index is 702. The molecule has 0 radical (unpaired) electrons.